The van der Waals surface area contributed by atoms with Gasteiger partial charge in [0.25, 0.3) is 5.92 Å². The highest BCUT2D eigenvalue weighted by atomic mass is 35.5. The maximum Gasteiger partial charge on any atom is 0.272 e. The number of piperidine rings is 1. The summed E-state index contributed by atoms with van der Waals surface area (Å²) < 4.78 is 42.1. The van der Waals surface area contributed by atoms with Crippen LogP contribution in [-0.4, -0.2) is 44.9 Å². The van der Waals surface area contributed by atoms with Gasteiger partial charge in [-0.05, 0) is 30.7 Å². The van der Waals surface area contributed by atoms with E-state index in [4.69, 9.17) is 23.2 Å². The number of aromatic nitrogens is 4. The molecule has 11 heteroatoms. The summed E-state index contributed by atoms with van der Waals surface area (Å²) >= 11 is 12.6. The molecule has 1 aliphatic carbocycles. The van der Waals surface area contributed by atoms with Crippen LogP contribution in [0.25, 0.3) is 10.9 Å². The molecule has 1 saturated heterocycles. The van der Waals surface area contributed by atoms with Crippen molar-refractivity contribution in [3.63, 3.8) is 0 Å². The molecular weight excluding hydrogens is 440 g/mol. The Morgan fingerprint density at radius 1 is 1.23 bits per heavy atom. The van der Waals surface area contributed by atoms with Crippen molar-refractivity contribution in [2.24, 2.45) is 0 Å². The molecule has 1 saturated carbocycles. The van der Waals surface area contributed by atoms with Gasteiger partial charge in [0.1, 0.15) is 12.2 Å². The van der Waals surface area contributed by atoms with Crippen LogP contribution >= 0.6 is 23.2 Å². The van der Waals surface area contributed by atoms with Crippen LogP contribution in [0.4, 0.5) is 24.8 Å². The molecule has 1 unspecified atom stereocenters. The average Bonchev–Trinajstić information content (AvgIpc) is 3.19. The Labute approximate surface area is 179 Å². The van der Waals surface area contributed by atoms with E-state index >= 15 is 0 Å². The lowest BCUT2D eigenvalue weighted by Gasteiger charge is -2.27. The van der Waals surface area contributed by atoms with Crippen LogP contribution < -0.4 is 10.6 Å². The quantitative estimate of drug-likeness (QED) is 0.585. The van der Waals surface area contributed by atoms with E-state index in [9.17, 15) is 13.2 Å². The molecule has 1 aliphatic heterocycles. The molecule has 1 aromatic carbocycles. The SMILES string of the molecule is F[C@H]1CNCC[C@@H]1c1cc2nc(Nc3cnn(C4CC4(F)F)c3Cl)ncc2cc1Cl. The van der Waals surface area contributed by atoms with Gasteiger partial charge in [-0.3, -0.25) is 0 Å². The van der Waals surface area contributed by atoms with E-state index in [-0.39, 0.29) is 30.0 Å². The van der Waals surface area contributed by atoms with Gasteiger partial charge in [0.2, 0.25) is 5.95 Å². The molecule has 0 spiro atoms. The van der Waals surface area contributed by atoms with Crippen LogP contribution in [0.3, 0.4) is 0 Å². The van der Waals surface area contributed by atoms with E-state index in [1.807, 2.05) is 0 Å². The van der Waals surface area contributed by atoms with Crippen molar-refractivity contribution in [3.05, 3.63) is 40.3 Å². The fourth-order valence-corrected chi connectivity index (χ4v) is 4.39. The molecule has 5 rings (SSSR count). The molecule has 3 heterocycles. The van der Waals surface area contributed by atoms with Crippen molar-refractivity contribution in [1.29, 1.82) is 0 Å². The molecule has 3 atom stereocenters. The normalized spacial score (nSPS) is 25.4. The van der Waals surface area contributed by atoms with Crippen molar-refractivity contribution in [3.8, 4) is 0 Å². The molecule has 0 radical (unpaired) electrons. The molecule has 30 heavy (non-hydrogen) atoms. The first-order chi connectivity index (χ1) is 14.3. The largest absolute Gasteiger partial charge is 0.320 e. The second kappa shape index (κ2) is 7.25. The minimum atomic E-state index is -2.79. The third kappa shape index (κ3) is 3.48. The molecule has 3 aromatic rings. The minimum absolute atomic E-state index is 0.0626. The molecule has 2 aromatic heterocycles. The lowest BCUT2D eigenvalue weighted by atomic mass is 9.88. The summed E-state index contributed by atoms with van der Waals surface area (Å²) in [6, 6.07) is 2.48. The van der Waals surface area contributed by atoms with E-state index in [2.05, 4.69) is 25.7 Å². The topological polar surface area (TPSA) is 67.7 Å². The van der Waals surface area contributed by atoms with Crippen LogP contribution in [0.5, 0.6) is 0 Å². The summed E-state index contributed by atoms with van der Waals surface area (Å²) in [5.41, 5.74) is 1.63. The molecule has 6 nitrogen and oxygen atoms in total. The van der Waals surface area contributed by atoms with Gasteiger partial charge in [-0.25, -0.2) is 27.8 Å². The first-order valence-electron chi connectivity index (χ1n) is 9.52. The zero-order chi connectivity index (χ0) is 21.0. The van der Waals surface area contributed by atoms with E-state index in [0.717, 1.165) is 11.2 Å². The van der Waals surface area contributed by atoms with Crippen molar-refractivity contribution in [2.45, 2.75) is 36.9 Å². The highest BCUT2D eigenvalue weighted by Gasteiger charge is 2.59. The van der Waals surface area contributed by atoms with E-state index in [1.54, 1.807) is 18.3 Å². The molecule has 0 amide bonds. The molecule has 2 aliphatic rings. The van der Waals surface area contributed by atoms with Gasteiger partial charge in [-0.15, -0.1) is 0 Å². The maximum absolute atomic E-state index is 14.4. The van der Waals surface area contributed by atoms with Crippen molar-refractivity contribution in [1.82, 2.24) is 25.1 Å². The van der Waals surface area contributed by atoms with Crippen molar-refractivity contribution >= 4 is 45.7 Å². The molecule has 2 N–H and O–H groups in total. The van der Waals surface area contributed by atoms with Gasteiger partial charge in [0.15, 0.2) is 5.15 Å². The van der Waals surface area contributed by atoms with Gasteiger partial charge < -0.3 is 10.6 Å². The standard InChI is InChI=1S/C19H17Cl2F3N6/c20-12-3-9-6-26-18(28-14(9)4-11(12)10-1-2-25-7-13(10)22)29-15-8-27-30(17(15)21)16-5-19(16,23)24/h3-4,6,8,10,13,16,25H,1-2,5,7H2,(H,26,28,29)/t10-,13+,16?/m1/s1. The summed E-state index contributed by atoms with van der Waals surface area (Å²) in [5.74, 6) is -2.87. The average molecular weight is 457 g/mol. The Morgan fingerprint density at radius 3 is 2.77 bits per heavy atom. The maximum atomic E-state index is 14.4. The van der Waals surface area contributed by atoms with Gasteiger partial charge >= 0.3 is 0 Å². The van der Waals surface area contributed by atoms with Crippen LogP contribution in [0.15, 0.2) is 24.5 Å². The van der Waals surface area contributed by atoms with Gasteiger partial charge in [0.05, 0.1) is 17.4 Å². The Balaban J connectivity index is 1.44. The first kappa shape index (κ1) is 19.8. The lowest BCUT2D eigenvalue weighted by molar-refractivity contribution is 0.0984. The summed E-state index contributed by atoms with van der Waals surface area (Å²) in [4.78, 5) is 8.70. The predicted molar refractivity (Wildman–Crippen MR) is 109 cm³/mol. The number of nitrogens with zero attached hydrogens (tertiary/aromatic N) is 4. The number of anilines is 2. The molecular formula is C19H17Cl2F3N6. The first-order valence-corrected chi connectivity index (χ1v) is 10.3. The summed E-state index contributed by atoms with van der Waals surface area (Å²) in [7, 11) is 0. The van der Waals surface area contributed by atoms with Gasteiger partial charge in [-0.2, -0.15) is 5.10 Å². The number of alkyl halides is 3. The van der Waals surface area contributed by atoms with Crippen LogP contribution in [0.2, 0.25) is 10.2 Å². The number of halogens is 5. The molecule has 158 valence electrons. The second-order valence-electron chi connectivity index (χ2n) is 7.64. The smallest absolute Gasteiger partial charge is 0.272 e. The number of rotatable bonds is 4. The van der Waals surface area contributed by atoms with Crippen LogP contribution in [0, 0.1) is 0 Å². The second-order valence-corrected chi connectivity index (χ2v) is 8.41. The Hall–Kier alpha value is -2.10. The van der Waals surface area contributed by atoms with Crippen LogP contribution in [0.1, 0.15) is 30.4 Å². The Bertz CT molecular complexity index is 1120. The van der Waals surface area contributed by atoms with Gasteiger partial charge in [-0.1, -0.05) is 23.2 Å². The summed E-state index contributed by atoms with van der Waals surface area (Å²) in [6.07, 6.45) is 2.28. The highest BCUT2D eigenvalue weighted by molar-refractivity contribution is 6.32. The summed E-state index contributed by atoms with van der Waals surface area (Å²) in [5, 5.41) is 11.1. The van der Waals surface area contributed by atoms with Crippen LogP contribution in [-0.2, 0) is 0 Å². The molecule has 0 bridgehead atoms. The van der Waals surface area contributed by atoms with E-state index in [0.29, 0.717) is 33.6 Å². The monoisotopic (exact) mass is 456 g/mol. The minimum Gasteiger partial charge on any atom is -0.320 e. The Kier molecular flexibility index (Phi) is 4.79. The summed E-state index contributed by atoms with van der Waals surface area (Å²) in [6.45, 7) is 1.01. The fourth-order valence-electron chi connectivity index (χ4n) is 3.82. The van der Waals surface area contributed by atoms with Crippen molar-refractivity contribution < 1.29 is 13.2 Å². The van der Waals surface area contributed by atoms with E-state index in [1.165, 1.54) is 6.20 Å². The lowest BCUT2D eigenvalue weighted by Crippen LogP contribution is -2.36. The zero-order valence-electron chi connectivity index (χ0n) is 15.5. The van der Waals surface area contributed by atoms with E-state index < -0.39 is 18.1 Å². The fraction of sp³-hybridized carbons (Fsp3) is 0.421. The number of fused-ring (bicyclic) bond motifs is 1. The highest BCUT2D eigenvalue weighted by Crippen LogP contribution is 2.53. The van der Waals surface area contributed by atoms with Crippen molar-refractivity contribution in [2.75, 3.05) is 18.4 Å². The number of hydrogen-bond donors (Lipinski definition) is 2. The number of nitrogens with one attached hydrogen (secondary N) is 2. The third-order valence-electron chi connectivity index (χ3n) is 5.58. The molecule has 2 fully saturated rings. The predicted octanol–water partition coefficient (Wildman–Crippen LogP) is 4.87. The Morgan fingerprint density at radius 2 is 2.03 bits per heavy atom. The zero-order valence-corrected chi connectivity index (χ0v) is 17.1. The number of hydrogen-bond acceptors (Lipinski definition) is 5. The number of benzene rings is 1. The van der Waals surface area contributed by atoms with Gasteiger partial charge in [0, 0.05) is 35.5 Å². The third-order valence-corrected chi connectivity index (χ3v) is 6.28.